The minimum Gasteiger partial charge on any atom is -0.370 e. The number of carbonyl (C=O) groups is 1. The summed E-state index contributed by atoms with van der Waals surface area (Å²) >= 11 is 0. The Morgan fingerprint density at radius 3 is 2.56 bits per heavy atom. The van der Waals surface area contributed by atoms with Crippen molar-refractivity contribution in [1.82, 2.24) is 9.88 Å². The molecular weight excluding hydrogens is 247 g/mol. The molecular formula is C11H14F3N3O. The zero-order chi connectivity index (χ0) is 13.8. The first kappa shape index (κ1) is 14.3. The van der Waals surface area contributed by atoms with E-state index in [1.54, 1.807) is 6.07 Å². The number of halogens is 3. The predicted molar refractivity (Wildman–Crippen MR) is 61.4 cm³/mol. The van der Waals surface area contributed by atoms with Crippen molar-refractivity contribution in [3.63, 3.8) is 0 Å². The number of nitrogens with one attached hydrogen (secondary N) is 1. The molecule has 1 heterocycles. The molecule has 0 fully saturated rings. The standard InChI is InChI=1S/C11H14F3N3O/c1-3-15-9-5-4-8(6-16-9)10(18)17(2)7-11(12,13)14/h4-6H,3,7H2,1-2H3,(H,15,16). The molecule has 0 spiro atoms. The lowest BCUT2D eigenvalue weighted by Crippen LogP contribution is -2.35. The molecule has 0 aliphatic carbocycles. The third-order valence-electron chi connectivity index (χ3n) is 2.13. The van der Waals surface area contributed by atoms with Crippen LogP contribution in [0.3, 0.4) is 0 Å². The number of aromatic nitrogens is 1. The minimum absolute atomic E-state index is 0.128. The number of pyridine rings is 1. The van der Waals surface area contributed by atoms with Crippen molar-refractivity contribution in [3.8, 4) is 0 Å². The molecule has 1 aromatic rings. The summed E-state index contributed by atoms with van der Waals surface area (Å²) in [6.45, 7) is 1.28. The summed E-state index contributed by atoms with van der Waals surface area (Å²) in [4.78, 5) is 16.2. The van der Waals surface area contributed by atoms with Gasteiger partial charge in [0.15, 0.2) is 0 Å². The number of amides is 1. The topological polar surface area (TPSA) is 45.2 Å². The lowest BCUT2D eigenvalue weighted by Gasteiger charge is -2.18. The van der Waals surface area contributed by atoms with Crippen LogP contribution in [-0.4, -0.2) is 42.1 Å². The molecule has 0 aliphatic heterocycles. The van der Waals surface area contributed by atoms with Crippen molar-refractivity contribution in [2.45, 2.75) is 13.1 Å². The van der Waals surface area contributed by atoms with Crippen LogP contribution >= 0.6 is 0 Å². The zero-order valence-electron chi connectivity index (χ0n) is 10.1. The van der Waals surface area contributed by atoms with Gasteiger partial charge in [-0.05, 0) is 19.1 Å². The van der Waals surface area contributed by atoms with Crippen molar-refractivity contribution >= 4 is 11.7 Å². The molecule has 0 radical (unpaired) electrons. The molecule has 0 aromatic carbocycles. The van der Waals surface area contributed by atoms with E-state index in [1.807, 2.05) is 6.92 Å². The Kier molecular flexibility index (Phi) is 4.52. The third-order valence-corrected chi connectivity index (χ3v) is 2.13. The average Bonchev–Trinajstić information content (AvgIpc) is 2.27. The second-order valence-electron chi connectivity index (χ2n) is 3.74. The van der Waals surface area contributed by atoms with Crippen LogP contribution in [0.5, 0.6) is 0 Å². The van der Waals surface area contributed by atoms with Gasteiger partial charge in [0.1, 0.15) is 12.4 Å². The van der Waals surface area contributed by atoms with E-state index in [0.717, 1.165) is 7.05 Å². The number of nitrogens with zero attached hydrogens (tertiary/aromatic N) is 2. The van der Waals surface area contributed by atoms with Crippen molar-refractivity contribution in [2.24, 2.45) is 0 Å². The van der Waals surface area contributed by atoms with Gasteiger partial charge in [-0.2, -0.15) is 13.2 Å². The number of anilines is 1. The first-order valence-electron chi connectivity index (χ1n) is 5.35. The number of alkyl halides is 3. The van der Waals surface area contributed by atoms with Crippen LogP contribution in [-0.2, 0) is 0 Å². The van der Waals surface area contributed by atoms with Crippen LogP contribution in [0.4, 0.5) is 19.0 Å². The highest BCUT2D eigenvalue weighted by molar-refractivity contribution is 5.93. The summed E-state index contributed by atoms with van der Waals surface area (Å²) in [5.41, 5.74) is 0.128. The van der Waals surface area contributed by atoms with Gasteiger partial charge in [0.2, 0.25) is 0 Å². The predicted octanol–water partition coefficient (Wildman–Crippen LogP) is 2.15. The maximum Gasteiger partial charge on any atom is 0.406 e. The Morgan fingerprint density at radius 1 is 1.44 bits per heavy atom. The Labute approximate surface area is 103 Å². The smallest absolute Gasteiger partial charge is 0.370 e. The van der Waals surface area contributed by atoms with Crippen LogP contribution in [0.2, 0.25) is 0 Å². The van der Waals surface area contributed by atoms with E-state index in [1.165, 1.54) is 12.3 Å². The fraction of sp³-hybridized carbons (Fsp3) is 0.455. The monoisotopic (exact) mass is 261 g/mol. The second kappa shape index (κ2) is 5.70. The van der Waals surface area contributed by atoms with Crippen LogP contribution in [0.25, 0.3) is 0 Å². The van der Waals surface area contributed by atoms with Gasteiger partial charge in [-0.15, -0.1) is 0 Å². The molecule has 0 saturated heterocycles. The molecule has 100 valence electrons. The molecule has 0 aliphatic rings. The fourth-order valence-electron chi connectivity index (χ4n) is 1.37. The Morgan fingerprint density at radius 2 is 2.11 bits per heavy atom. The normalized spacial score (nSPS) is 11.2. The van der Waals surface area contributed by atoms with Gasteiger partial charge in [0.25, 0.3) is 5.91 Å². The fourth-order valence-corrected chi connectivity index (χ4v) is 1.37. The number of rotatable bonds is 4. The van der Waals surface area contributed by atoms with E-state index in [2.05, 4.69) is 10.3 Å². The lowest BCUT2D eigenvalue weighted by molar-refractivity contribution is -0.138. The SMILES string of the molecule is CCNc1ccc(C(=O)N(C)CC(F)(F)F)cn1. The van der Waals surface area contributed by atoms with Gasteiger partial charge in [0.05, 0.1) is 5.56 Å². The number of carbonyl (C=O) groups excluding carboxylic acids is 1. The molecule has 7 heteroatoms. The van der Waals surface area contributed by atoms with Crippen molar-refractivity contribution in [3.05, 3.63) is 23.9 Å². The maximum absolute atomic E-state index is 12.1. The van der Waals surface area contributed by atoms with Crippen molar-refractivity contribution < 1.29 is 18.0 Å². The zero-order valence-corrected chi connectivity index (χ0v) is 10.1. The molecule has 18 heavy (non-hydrogen) atoms. The molecule has 1 N–H and O–H groups in total. The maximum atomic E-state index is 12.1. The average molecular weight is 261 g/mol. The Hall–Kier alpha value is -1.79. The highest BCUT2D eigenvalue weighted by Crippen LogP contribution is 2.17. The molecule has 1 rings (SSSR count). The quantitative estimate of drug-likeness (QED) is 0.903. The molecule has 0 atom stereocenters. The van der Waals surface area contributed by atoms with Gasteiger partial charge in [-0.1, -0.05) is 0 Å². The van der Waals surface area contributed by atoms with Crippen LogP contribution in [0, 0.1) is 0 Å². The van der Waals surface area contributed by atoms with Gasteiger partial charge in [-0.25, -0.2) is 4.98 Å². The van der Waals surface area contributed by atoms with Gasteiger partial charge >= 0.3 is 6.18 Å². The Bertz CT molecular complexity index is 403. The third kappa shape index (κ3) is 4.23. The van der Waals surface area contributed by atoms with Gasteiger partial charge in [0, 0.05) is 19.8 Å². The van der Waals surface area contributed by atoms with E-state index >= 15 is 0 Å². The summed E-state index contributed by atoms with van der Waals surface area (Å²) in [6.07, 6.45) is -3.14. The van der Waals surface area contributed by atoms with E-state index in [9.17, 15) is 18.0 Å². The van der Waals surface area contributed by atoms with E-state index in [-0.39, 0.29) is 5.56 Å². The van der Waals surface area contributed by atoms with Gasteiger partial charge in [-0.3, -0.25) is 4.79 Å². The molecule has 0 saturated carbocycles. The van der Waals surface area contributed by atoms with Crippen molar-refractivity contribution in [2.75, 3.05) is 25.5 Å². The van der Waals surface area contributed by atoms with E-state index < -0.39 is 18.6 Å². The summed E-state index contributed by atoms with van der Waals surface area (Å²) in [5.74, 6) is -0.129. The van der Waals surface area contributed by atoms with Gasteiger partial charge < -0.3 is 10.2 Å². The molecule has 0 unspecified atom stereocenters. The molecule has 1 aromatic heterocycles. The summed E-state index contributed by atoms with van der Waals surface area (Å²) in [6, 6.07) is 3.00. The number of hydrogen-bond acceptors (Lipinski definition) is 3. The molecule has 4 nitrogen and oxygen atoms in total. The lowest BCUT2D eigenvalue weighted by atomic mass is 10.2. The van der Waals surface area contributed by atoms with Crippen LogP contribution < -0.4 is 5.32 Å². The molecule has 0 bridgehead atoms. The second-order valence-corrected chi connectivity index (χ2v) is 3.74. The molecule has 1 amide bonds. The highest BCUT2D eigenvalue weighted by Gasteiger charge is 2.31. The van der Waals surface area contributed by atoms with Crippen molar-refractivity contribution in [1.29, 1.82) is 0 Å². The number of hydrogen-bond donors (Lipinski definition) is 1. The summed E-state index contributed by atoms with van der Waals surface area (Å²) in [7, 11) is 1.11. The highest BCUT2D eigenvalue weighted by atomic mass is 19.4. The summed E-state index contributed by atoms with van der Waals surface area (Å²) < 4.78 is 36.4. The minimum atomic E-state index is -4.40. The summed E-state index contributed by atoms with van der Waals surface area (Å²) in [5, 5.41) is 2.93. The van der Waals surface area contributed by atoms with E-state index in [0.29, 0.717) is 17.3 Å². The van der Waals surface area contributed by atoms with Crippen LogP contribution in [0.15, 0.2) is 18.3 Å². The first-order chi connectivity index (χ1) is 8.33. The van der Waals surface area contributed by atoms with E-state index in [4.69, 9.17) is 0 Å². The Balaban J connectivity index is 2.72. The van der Waals surface area contributed by atoms with Crippen LogP contribution in [0.1, 0.15) is 17.3 Å². The largest absolute Gasteiger partial charge is 0.406 e. The first-order valence-corrected chi connectivity index (χ1v) is 5.35.